The first-order valence-corrected chi connectivity index (χ1v) is 16.7. The Morgan fingerprint density at radius 2 is 0.923 bits per heavy atom. The van der Waals surface area contributed by atoms with Gasteiger partial charge in [0.1, 0.15) is 8.07 Å². The average Bonchev–Trinajstić information content (AvgIpc) is 3.10. The molecule has 2 heteroatoms. The fourth-order valence-corrected chi connectivity index (χ4v) is 13.3. The molecule has 0 spiro atoms. The Labute approximate surface area is 254 Å². The van der Waals surface area contributed by atoms with Crippen LogP contribution in [0.4, 0.5) is 0 Å². The Balaban J connectivity index is 0.00000420. The summed E-state index contributed by atoms with van der Waals surface area (Å²) in [4.78, 5) is 0. The molecule has 0 radical (unpaired) electrons. The Morgan fingerprint density at radius 1 is 0.564 bits per heavy atom. The van der Waals surface area contributed by atoms with Gasteiger partial charge in [-0.15, -0.1) is 6.92 Å². The van der Waals surface area contributed by atoms with Crippen LogP contribution in [0.5, 0.6) is 0 Å². The molecule has 0 saturated carbocycles. The monoisotopic (exact) mass is 567 g/mol. The van der Waals surface area contributed by atoms with Crippen molar-refractivity contribution >= 4 is 23.6 Å². The van der Waals surface area contributed by atoms with E-state index in [1.165, 1.54) is 65.7 Å². The second-order valence-corrected chi connectivity index (χ2v) is 16.0. The van der Waals surface area contributed by atoms with Gasteiger partial charge < -0.3 is 0 Å². The van der Waals surface area contributed by atoms with Crippen LogP contribution in [0.2, 0.25) is 5.04 Å². The molecule has 204 valence electrons. The van der Waals surface area contributed by atoms with Crippen molar-refractivity contribution in [3.05, 3.63) is 111 Å². The van der Waals surface area contributed by atoms with Gasteiger partial charge in [-0.25, -0.2) is 5.57 Å². The van der Waals surface area contributed by atoms with Gasteiger partial charge in [-0.1, -0.05) is 119 Å². The summed E-state index contributed by atoms with van der Waals surface area (Å²) in [7, 11) is -2.70. The van der Waals surface area contributed by atoms with E-state index >= 15 is 0 Å². The number of hydrogen-bond acceptors (Lipinski definition) is 0. The largest absolute Gasteiger partial charge is 0.265 e. The maximum atomic E-state index is 4.16. The molecule has 3 aromatic rings. The molecule has 0 N–H and O–H groups in total. The molecule has 0 bridgehead atoms. The average molecular weight is 568 g/mol. The molecule has 0 saturated heterocycles. The van der Waals surface area contributed by atoms with Crippen LogP contribution in [0.25, 0.3) is 0 Å². The number of hydrogen-bond donors (Lipinski definition) is 0. The van der Waals surface area contributed by atoms with Gasteiger partial charge in [-0.05, 0) is 77.3 Å². The van der Waals surface area contributed by atoms with E-state index in [0.29, 0.717) is 0 Å². The molecule has 4 rings (SSSR count). The van der Waals surface area contributed by atoms with Crippen LogP contribution in [-0.4, -0.2) is 8.07 Å². The summed E-state index contributed by atoms with van der Waals surface area (Å²) >= 11 is 0. The summed E-state index contributed by atoms with van der Waals surface area (Å²) in [6, 6.07) is 22.5. The molecule has 1 unspecified atom stereocenters. The molecule has 0 aliphatic heterocycles. The van der Waals surface area contributed by atoms with Gasteiger partial charge in [-0.2, -0.15) is 11.1 Å². The first-order valence-electron chi connectivity index (χ1n) is 14.7. The van der Waals surface area contributed by atoms with Crippen molar-refractivity contribution < 1.29 is 21.7 Å². The fraction of sp³-hybridized carbons (Fsp3) is 0.405. The van der Waals surface area contributed by atoms with E-state index in [9.17, 15) is 0 Å². The van der Waals surface area contributed by atoms with Crippen LogP contribution in [0.3, 0.4) is 0 Å². The smallest absolute Gasteiger partial charge is 0.143 e. The maximum absolute atomic E-state index is 4.16. The molecule has 0 aromatic heterocycles. The van der Waals surface area contributed by atoms with E-state index in [4.69, 9.17) is 0 Å². The molecular formula is C37H47SiTi-. The summed E-state index contributed by atoms with van der Waals surface area (Å²) < 4.78 is 0. The van der Waals surface area contributed by atoms with Gasteiger partial charge in [0, 0.05) is 21.7 Å². The molecule has 39 heavy (non-hydrogen) atoms. The summed E-state index contributed by atoms with van der Waals surface area (Å²) in [6.07, 6.45) is 8.37. The quantitative estimate of drug-likeness (QED) is 0.148. The third-order valence-electron chi connectivity index (χ3n) is 9.32. The number of aryl methyl sites for hydroxylation is 6. The molecule has 0 amide bonds. The second-order valence-electron chi connectivity index (χ2n) is 11.7. The van der Waals surface area contributed by atoms with Gasteiger partial charge in [0.2, 0.25) is 0 Å². The van der Waals surface area contributed by atoms with E-state index in [1.807, 2.05) is 0 Å². The van der Waals surface area contributed by atoms with Crippen molar-refractivity contribution in [2.45, 2.75) is 100.0 Å². The predicted molar refractivity (Wildman–Crippen MR) is 170 cm³/mol. The summed E-state index contributed by atoms with van der Waals surface area (Å²) in [5, 5.41) is 4.38. The van der Waals surface area contributed by atoms with Crippen LogP contribution in [0, 0.1) is 19.9 Å². The molecule has 0 heterocycles. The SMILES string of the molecule is CCc1cc(CC)cc([Si](c2cc(C)cc(C)c2)(c2cc(CC)cc(CC)c2)C2(C)[C-]=C(C)C(C)=C2C)c1.[Ti]. The summed E-state index contributed by atoms with van der Waals surface area (Å²) in [6.45, 7) is 23.2. The first-order chi connectivity index (χ1) is 18.0. The van der Waals surface area contributed by atoms with Gasteiger partial charge in [0.25, 0.3) is 0 Å². The summed E-state index contributed by atoms with van der Waals surface area (Å²) in [5.74, 6) is 0. The topological polar surface area (TPSA) is 0 Å². The van der Waals surface area contributed by atoms with E-state index in [-0.39, 0.29) is 26.8 Å². The van der Waals surface area contributed by atoms with Crippen molar-refractivity contribution in [3.8, 4) is 0 Å². The molecule has 1 atom stereocenters. The minimum atomic E-state index is -2.70. The van der Waals surface area contributed by atoms with E-state index in [0.717, 1.165) is 25.7 Å². The predicted octanol–water partition coefficient (Wildman–Crippen LogP) is 7.88. The third kappa shape index (κ3) is 5.40. The van der Waals surface area contributed by atoms with E-state index < -0.39 is 8.07 Å². The third-order valence-corrected chi connectivity index (χ3v) is 14.8. The zero-order valence-electron chi connectivity index (χ0n) is 26.0. The number of allylic oxidation sites excluding steroid dienone is 4. The van der Waals surface area contributed by atoms with Gasteiger partial charge in [0.05, 0.1) is 0 Å². The molecule has 3 aromatic carbocycles. The minimum absolute atomic E-state index is 0. The van der Waals surface area contributed by atoms with E-state index in [2.05, 4.69) is 130 Å². The molecular weight excluding hydrogens is 520 g/mol. The maximum Gasteiger partial charge on any atom is 0.143 e. The Bertz CT molecular complexity index is 1300. The zero-order chi connectivity index (χ0) is 27.8. The second kappa shape index (κ2) is 12.3. The zero-order valence-corrected chi connectivity index (χ0v) is 28.6. The first kappa shape index (κ1) is 31.6. The van der Waals surface area contributed by atoms with Crippen LogP contribution < -0.4 is 15.6 Å². The van der Waals surface area contributed by atoms with Crippen LogP contribution >= 0.6 is 0 Å². The molecule has 0 nitrogen and oxygen atoms in total. The Kier molecular flexibility index (Phi) is 9.96. The van der Waals surface area contributed by atoms with Crippen molar-refractivity contribution in [1.82, 2.24) is 0 Å². The van der Waals surface area contributed by atoms with Crippen LogP contribution in [0.15, 0.2) is 71.3 Å². The van der Waals surface area contributed by atoms with Crippen molar-refractivity contribution in [1.29, 1.82) is 0 Å². The number of rotatable bonds is 8. The van der Waals surface area contributed by atoms with Crippen LogP contribution in [-0.2, 0) is 47.4 Å². The van der Waals surface area contributed by atoms with Gasteiger partial charge >= 0.3 is 0 Å². The number of benzene rings is 3. The molecule has 1 aliphatic rings. The Morgan fingerprint density at radius 3 is 1.23 bits per heavy atom. The summed E-state index contributed by atoms with van der Waals surface area (Å²) in [5.41, 5.74) is 12.7. The van der Waals surface area contributed by atoms with E-state index in [1.54, 1.807) is 0 Å². The standard InChI is InChI=1S/C37H47Si.Ti/c1-11-30-18-31(12-2)21-35(20-30)38(34-16-25(5)15-26(6)17-34,37(10)24-27(7)28(8)29(37)9)36-22-32(13-3)19-33(14-4)23-36;/h15-23H,11-14H2,1-10H3;/q-1;. The molecule has 1 aliphatic carbocycles. The van der Waals surface area contributed by atoms with Gasteiger partial charge in [-0.3, -0.25) is 6.08 Å². The van der Waals surface area contributed by atoms with Crippen LogP contribution in [0.1, 0.15) is 88.8 Å². The van der Waals surface area contributed by atoms with Gasteiger partial charge in [0.15, 0.2) is 0 Å². The van der Waals surface area contributed by atoms with Crippen molar-refractivity contribution in [3.63, 3.8) is 0 Å². The Hall–Kier alpha value is -1.93. The molecule has 0 fully saturated rings. The normalized spacial score (nSPS) is 17.3. The van der Waals surface area contributed by atoms with Crippen molar-refractivity contribution in [2.24, 2.45) is 0 Å². The van der Waals surface area contributed by atoms with Crippen molar-refractivity contribution in [2.75, 3.05) is 0 Å². The fourth-order valence-electron chi connectivity index (χ4n) is 6.93. The minimum Gasteiger partial charge on any atom is -0.265 e.